The highest BCUT2D eigenvalue weighted by molar-refractivity contribution is 5.77. The summed E-state index contributed by atoms with van der Waals surface area (Å²) in [5.41, 5.74) is -1.63. The van der Waals surface area contributed by atoms with Crippen molar-refractivity contribution < 1.29 is 18.0 Å². The SMILES string of the molecule is CN(C)C(=O)CN1CCC(NC2(C(F)(F)F)CC2)CC1. The standard InChI is InChI=1S/C13H22F3N3O/c1-18(2)11(20)9-19-7-3-10(4-8-19)17-12(5-6-12)13(14,15)16/h10,17H,3-9H2,1-2H3. The van der Waals surface area contributed by atoms with E-state index in [9.17, 15) is 18.0 Å². The molecule has 1 N–H and O–H groups in total. The molecule has 7 heteroatoms. The molecule has 4 nitrogen and oxygen atoms in total. The molecule has 0 atom stereocenters. The number of amides is 1. The van der Waals surface area contributed by atoms with Crippen LogP contribution in [0.4, 0.5) is 13.2 Å². The molecule has 1 saturated heterocycles. The van der Waals surface area contributed by atoms with Crippen molar-refractivity contribution in [3.8, 4) is 0 Å². The predicted molar refractivity (Wildman–Crippen MR) is 69.3 cm³/mol. The third-order valence-electron chi connectivity index (χ3n) is 4.22. The van der Waals surface area contributed by atoms with E-state index in [-0.39, 0.29) is 24.8 Å². The molecule has 0 radical (unpaired) electrons. The summed E-state index contributed by atoms with van der Waals surface area (Å²) in [6, 6.07) is -0.0927. The van der Waals surface area contributed by atoms with E-state index in [1.165, 1.54) is 4.90 Å². The van der Waals surface area contributed by atoms with E-state index in [4.69, 9.17) is 0 Å². The van der Waals surface area contributed by atoms with Gasteiger partial charge in [-0.3, -0.25) is 9.69 Å². The molecule has 0 aromatic carbocycles. The van der Waals surface area contributed by atoms with Gasteiger partial charge in [-0.15, -0.1) is 0 Å². The van der Waals surface area contributed by atoms with Gasteiger partial charge >= 0.3 is 6.18 Å². The van der Waals surface area contributed by atoms with Crippen molar-refractivity contribution in [3.63, 3.8) is 0 Å². The van der Waals surface area contributed by atoms with E-state index in [0.717, 1.165) is 0 Å². The van der Waals surface area contributed by atoms with Gasteiger partial charge in [0.1, 0.15) is 5.54 Å². The average molecular weight is 293 g/mol. The number of alkyl halides is 3. The zero-order valence-electron chi connectivity index (χ0n) is 12.0. The van der Waals surface area contributed by atoms with E-state index in [2.05, 4.69) is 5.32 Å². The maximum atomic E-state index is 12.9. The Bertz CT molecular complexity index is 358. The van der Waals surface area contributed by atoms with Crippen molar-refractivity contribution in [2.75, 3.05) is 33.7 Å². The first kappa shape index (κ1) is 15.6. The van der Waals surface area contributed by atoms with Gasteiger partial charge in [0.15, 0.2) is 0 Å². The second-order valence-corrected chi connectivity index (χ2v) is 6.06. The van der Waals surface area contributed by atoms with Gasteiger partial charge in [-0.2, -0.15) is 13.2 Å². The number of carbonyl (C=O) groups is 1. The van der Waals surface area contributed by atoms with Crippen molar-refractivity contribution in [1.82, 2.24) is 15.1 Å². The monoisotopic (exact) mass is 293 g/mol. The minimum absolute atomic E-state index is 0.0327. The fourth-order valence-electron chi connectivity index (χ4n) is 2.59. The third kappa shape index (κ3) is 3.44. The Morgan fingerprint density at radius 3 is 2.25 bits per heavy atom. The number of likely N-dealkylation sites (N-methyl/N-ethyl adjacent to an activating group) is 1. The Balaban J connectivity index is 1.77. The van der Waals surface area contributed by atoms with E-state index in [1.54, 1.807) is 14.1 Å². The molecule has 116 valence electrons. The Morgan fingerprint density at radius 1 is 1.30 bits per heavy atom. The van der Waals surface area contributed by atoms with E-state index < -0.39 is 11.7 Å². The lowest BCUT2D eigenvalue weighted by Gasteiger charge is -2.35. The lowest BCUT2D eigenvalue weighted by molar-refractivity contribution is -0.168. The Hall–Kier alpha value is -0.820. The van der Waals surface area contributed by atoms with Crippen LogP contribution in [0.2, 0.25) is 0 Å². The van der Waals surface area contributed by atoms with Gasteiger partial charge in [0, 0.05) is 33.2 Å². The first-order valence-electron chi connectivity index (χ1n) is 7.00. The summed E-state index contributed by atoms with van der Waals surface area (Å²) >= 11 is 0. The summed E-state index contributed by atoms with van der Waals surface area (Å²) in [5.74, 6) is 0.0327. The zero-order valence-corrected chi connectivity index (χ0v) is 12.0. The predicted octanol–water partition coefficient (Wildman–Crippen LogP) is 1.22. The summed E-state index contributed by atoms with van der Waals surface area (Å²) < 4.78 is 38.6. The molecule has 1 heterocycles. The van der Waals surface area contributed by atoms with Crippen LogP contribution in [0.15, 0.2) is 0 Å². The number of nitrogens with zero attached hydrogens (tertiary/aromatic N) is 2. The number of hydrogen-bond donors (Lipinski definition) is 1. The van der Waals surface area contributed by atoms with Crippen LogP contribution in [0.25, 0.3) is 0 Å². The average Bonchev–Trinajstić information content (AvgIpc) is 3.12. The van der Waals surface area contributed by atoms with Gasteiger partial charge in [-0.05, 0) is 25.7 Å². The minimum Gasteiger partial charge on any atom is -0.348 e. The summed E-state index contributed by atoms with van der Waals surface area (Å²) in [6.45, 7) is 1.69. The topological polar surface area (TPSA) is 35.6 Å². The largest absolute Gasteiger partial charge is 0.406 e. The second-order valence-electron chi connectivity index (χ2n) is 6.06. The smallest absolute Gasteiger partial charge is 0.348 e. The molecular formula is C13H22F3N3O. The van der Waals surface area contributed by atoms with Crippen LogP contribution < -0.4 is 5.32 Å². The van der Waals surface area contributed by atoms with Crippen molar-refractivity contribution in [1.29, 1.82) is 0 Å². The van der Waals surface area contributed by atoms with Gasteiger partial charge in [0.05, 0.1) is 6.54 Å². The molecule has 20 heavy (non-hydrogen) atoms. The number of rotatable bonds is 4. The van der Waals surface area contributed by atoms with Crippen molar-refractivity contribution in [2.45, 2.75) is 43.4 Å². The maximum absolute atomic E-state index is 12.9. The molecule has 1 aliphatic heterocycles. The maximum Gasteiger partial charge on any atom is 0.406 e. The van der Waals surface area contributed by atoms with Gasteiger partial charge in [0.25, 0.3) is 0 Å². The molecule has 0 aromatic rings. The molecule has 0 spiro atoms. The van der Waals surface area contributed by atoms with Crippen LogP contribution in [-0.4, -0.2) is 67.2 Å². The summed E-state index contributed by atoms with van der Waals surface area (Å²) in [4.78, 5) is 15.1. The van der Waals surface area contributed by atoms with Crippen LogP contribution in [-0.2, 0) is 4.79 Å². The molecule has 1 saturated carbocycles. The van der Waals surface area contributed by atoms with Crippen LogP contribution >= 0.6 is 0 Å². The number of piperidine rings is 1. The lowest BCUT2D eigenvalue weighted by atomic mass is 10.0. The number of nitrogens with one attached hydrogen (secondary N) is 1. The van der Waals surface area contributed by atoms with Gasteiger partial charge in [0.2, 0.25) is 5.91 Å². The first-order chi connectivity index (χ1) is 9.23. The van der Waals surface area contributed by atoms with Gasteiger partial charge in [-0.1, -0.05) is 0 Å². The number of carbonyl (C=O) groups excluding carboxylic acids is 1. The summed E-state index contributed by atoms with van der Waals surface area (Å²) in [6.07, 6.45) is -2.44. The van der Waals surface area contributed by atoms with E-state index in [0.29, 0.717) is 32.5 Å². The van der Waals surface area contributed by atoms with Crippen LogP contribution in [0.1, 0.15) is 25.7 Å². The highest BCUT2D eigenvalue weighted by Gasteiger charge is 2.63. The Kier molecular flexibility index (Phi) is 4.30. The fourth-order valence-corrected chi connectivity index (χ4v) is 2.59. The first-order valence-corrected chi connectivity index (χ1v) is 7.00. The molecule has 2 aliphatic rings. The van der Waals surface area contributed by atoms with E-state index in [1.807, 2.05) is 4.90 Å². The summed E-state index contributed by atoms with van der Waals surface area (Å²) in [7, 11) is 3.41. The fraction of sp³-hybridized carbons (Fsp3) is 0.923. The number of likely N-dealkylation sites (tertiary alicyclic amines) is 1. The van der Waals surface area contributed by atoms with Gasteiger partial charge in [-0.25, -0.2) is 0 Å². The minimum atomic E-state index is -4.15. The molecular weight excluding hydrogens is 271 g/mol. The lowest BCUT2D eigenvalue weighted by Crippen LogP contribution is -2.53. The normalized spacial score (nSPS) is 23.6. The highest BCUT2D eigenvalue weighted by atomic mass is 19.4. The molecule has 0 bridgehead atoms. The molecule has 2 fully saturated rings. The Morgan fingerprint density at radius 2 is 1.85 bits per heavy atom. The van der Waals surface area contributed by atoms with Crippen molar-refractivity contribution in [2.24, 2.45) is 0 Å². The highest BCUT2D eigenvalue weighted by Crippen LogP contribution is 2.49. The molecule has 0 unspecified atom stereocenters. The van der Waals surface area contributed by atoms with Crippen molar-refractivity contribution in [3.05, 3.63) is 0 Å². The van der Waals surface area contributed by atoms with Gasteiger partial charge < -0.3 is 10.2 Å². The molecule has 2 rings (SSSR count). The number of halogens is 3. The third-order valence-corrected chi connectivity index (χ3v) is 4.22. The van der Waals surface area contributed by atoms with Crippen LogP contribution in [0.5, 0.6) is 0 Å². The van der Waals surface area contributed by atoms with Crippen molar-refractivity contribution >= 4 is 5.91 Å². The number of hydrogen-bond acceptors (Lipinski definition) is 3. The quantitative estimate of drug-likeness (QED) is 0.846. The molecule has 1 aliphatic carbocycles. The van der Waals surface area contributed by atoms with Crippen LogP contribution in [0, 0.1) is 0 Å². The second kappa shape index (κ2) is 5.52. The molecule has 0 aromatic heterocycles. The summed E-state index contributed by atoms with van der Waals surface area (Å²) in [5, 5.41) is 2.80. The zero-order chi connectivity index (χ0) is 15.0. The molecule has 1 amide bonds. The van der Waals surface area contributed by atoms with Crippen LogP contribution in [0.3, 0.4) is 0 Å². The Labute approximate surface area is 117 Å². The van der Waals surface area contributed by atoms with E-state index >= 15 is 0 Å².